The van der Waals surface area contributed by atoms with E-state index in [1.807, 2.05) is 6.07 Å². The summed E-state index contributed by atoms with van der Waals surface area (Å²) in [5, 5.41) is 6.54. The largest absolute Gasteiger partial charge is 0.353 e. The Hall–Kier alpha value is -1.06. The van der Waals surface area contributed by atoms with Gasteiger partial charge in [0.2, 0.25) is 5.91 Å². The zero-order valence-corrected chi connectivity index (χ0v) is 13.2. The van der Waals surface area contributed by atoms with Gasteiger partial charge in [-0.15, -0.1) is 12.4 Å². The van der Waals surface area contributed by atoms with Crippen LogP contribution in [0.3, 0.4) is 0 Å². The normalized spacial score (nSPS) is 27.0. The Morgan fingerprint density at radius 2 is 2.10 bits per heavy atom. The molecule has 2 fully saturated rings. The molecule has 0 radical (unpaired) electrons. The predicted molar refractivity (Wildman–Crippen MR) is 87.6 cm³/mol. The summed E-state index contributed by atoms with van der Waals surface area (Å²) >= 11 is 0. The van der Waals surface area contributed by atoms with Gasteiger partial charge < -0.3 is 10.6 Å². The summed E-state index contributed by atoms with van der Waals surface area (Å²) in [6.45, 7) is 2.21. The Bertz CT molecular complexity index is 445. The fraction of sp³-hybridized carbons (Fsp3) is 0.588. The van der Waals surface area contributed by atoms with Crippen LogP contribution in [0.4, 0.5) is 0 Å². The number of carbonyl (C=O) groups is 1. The quantitative estimate of drug-likeness (QED) is 0.848. The van der Waals surface area contributed by atoms with Crippen molar-refractivity contribution in [2.45, 2.75) is 38.1 Å². The van der Waals surface area contributed by atoms with E-state index in [2.05, 4.69) is 34.9 Å². The topological polar surface area (TPSA) is 41.1 Å². The molecule has 1 saturated carbocycles. The van der Waals surface area contributed by atoms with Crippen LogP contribution in [0.5, 0.6) is 0 Å². The summed E-state index contributed by atoms with van der Waals surface area (Å²) < 4.78 is 0. The maximum Gasteiger partial charge on any atom is 0.220 e. The summed E-state index contributed by atoms with van der Waals surface area (Å²) in [6, 6.07) is 11.0. The van der Waals surface area contributed by atoms with Gasteiger partial charge in [0.25, 0.3) is 0 Å². The van der Waals surface area contributed by atoms with Crippen LogP contribution in [0.2, 0.25) is 0 Å². The van der Waals surface area contributed by atoms with Gasteiger partial charge in [-0.3, -0.25) is 4.79 Å². The standard InChI is InChI=1S/C17H24N2O.ClH/c20-17(7-6-14-8-9-18-12-14)19-16-11-15(16)10-13-4-2-1-3-5-13;/h1-5,14-16,18H,6-12H2,(H,19,20);1H. The van der Waals surface area contributed by atoms with E-state index in [4.69, 9.17) is 0 Å². The minimum Gasteiger partial charge on any atom is -0.353 e. The molecule has 2 aliphatic rings. The number of nitrogens with one attached hydrogen (secondary N) is 2. The van der Waals surface area contributed by atoms with E-state index >= 15 is 0 Å². The van der Waals surface area contributed by atoms with Crippen molar-refractivity contribution in [2.75, 3.05) is 13.1 Å². The molecule has 0 bridgehead atoms. The fourth-order valence-corrected chi connectivity index (χ4v) is 3.14. The summed E-state index contributed by atoms with van der Waals surface area (Å²) in [5.41, 5.74) is 1.38. The molecule has 1 aliphatic heterocycles. The van der Waals surface area contributed by atoms with E-state index in [9.17, 15) is 4.79 Å². The minimum atomic E-state index is 0. The Balaban J connectivity index is 0.00000161. The second kappa shape index (κ2) is 7.81. The lowest BCUT2D eigenvalue weighted by Gasteiger charge is -2.08. The van der Waals surface area contributed by atoms with E-state index < -0.39 is 0 Å². The first-order valence-electron chi connectivity index (χ1n) is 7.85. The van der Waals surface area contributed by atoms with Crippen molar-refractivity contribution >= 4 is 18.3 Å². The number of hydrogen-bond donors (Lipinski definition) is 2. The SMILES string of the molecule is Cl.O=C(CCC1CCNC1)NC1CC1Cc1ccccc1. The molecule has 3 nitrogen and oxygen atoms in total. The van der Waals surface area contributed by atoms with Crippen LogP contribution >= 0.6 is 12.4 Å². The minimum absolute atomic E-state index is 0. The summed E-state index contributed by atoms with van der Waals surface area (Å²) in [6.07, 6.45) is 5.20. The lowest BCUT2D eigenvalue weighted by atomic mass is 10.0. The average molecular weight is 309 g/mol. The molecule has 3 atom stereocenters. The highest BCUT2D eigenvalue weighted by Crippen LogP contribution is 2.33. The highest BCUT2D eigenvalue weighted by atomic mass is 35.5. The van der Waals surface area contributed by atoms with Crippen molar-refractivity contribution in [3.63, 3.8) is 0 Å². The van der Waals surface area contributed by atoms with E-state index in [1.165, 1.54) is 12.0 Å². The third kappa shape index (κ3) is 5.01. The molecule has 1 heterocycles. The van der Waals surface area contributed by atoms with Gasteiger partial charge in [0, 0.05) is 12.5 Å². The van der Waals surface area contributed by atoms with Crippen LogP contribution in [-0.4, -0.2) is 25.0 Å². The summed E-state index contributed by atoms with van der Waals surface area (Å²) in [5.74, 6) is 1.60. The van der Waals surface area contributed by atoms with Crippen LogP contribution in [0.1, 0.15) is 31.2 Å². The lowest BCUT2D eigenvalue weighted by molar-refractivity contribution is -0.121. The van der Waals surface area contributed by atoms with Crippen molar-refractivity contribution in [1.82, 2.24) is 10.6 Å². The Labute approximate surface area is 133 Å². The monoisotopic (exact) mass is 308 g/mol. The van der Waals surface area contributed by atoms with E-state index in [1.54, 1.807) is 0 Å². The zero-order valence-electron chi connectivity index (χ0n) is 12.4. The summed E-state index contributed by atoms with van der Waals surface area (Å²) in [7, 11) is 0. The molecular formula is C17H25ClN2O. The van der Waals surface area contributed by atoms with Gasteiger partial charge in [-0.05, 0) is 56.2 Å². The molecule has 116 valence electrons. The number of carbonyl (C=O) groups excluding carboxylic acids is 1. The van der Waals surface area contributed by atoms with Crippen molar-refractivity contribution in [2.24, 2.45) is 11.8 Å². The molecule has 1 aliphatic carbocycles. The number of benzene rings is 1. The Morgan fingerprint density at radius 1 is 1.29 bits per heavy atom. The second-order valence-corrected chi connectivity index (χ2v) is 6.26. The van der Waals surface area contributed by atoms with Gasteiger partial charge in [-0.1, -0.05) is 30.3 Å². The van der Waals surface area contributed by atoms with Gasteiger partial charge in [-0.2, -0.15) is 0 Å². The maximum absolute atomic E-state index is 11.9. The maximum atomic E-state index is 11.9. The van der Waals surface area contributed by atoms with Crippen LogP contribution in [0, 0.1) is 11.8 Å². The smallest absolute Gasteiger partial charge is 0.220 e. The van der Waals surface area contributed by atoms with Gasteiger partial charge in [-0.25, -0.2) is 0 Å². The second-order valence-electron chi connectivity index (χ2n) is 6.26. The van der Waals surface area contributed by atoms with Gasteiger partial charge in [0.05, 0.1) is 0 Å². The fourth-order valence-electron chi connectivity index (χ4n) is 3.14. The number of hydrogen-bond acceptors (Lipinski definition) is 2. The van der Waals surface area contributed by atoms with Crippen LogP contribution in [0.15, 0.2) is 30.3 Å². The van der Waals surface area contributed by atoms with Crippen molar-refractivity contribution in [1.29, 1.82) is 0 Å². The third-order valence-corrected chi connectivity index (χ3v) is 4.55. The molecule has 3 unspecified atom stereocenters. The number of amides is 1. The molecule has 4 heteroatoms. The van der Waals surface area contributed by atoms with E-state index in [0.29, 0.717) is 24.3 Å². The molecule has 2 N–H and O–H groups in total. The number of rotatable bonds is 6. The van der Waals surface area contributed by atoms with Crippen LogP contribution in [0.25, 0.3) is 0 Å². The molecule has 1 aromatic rings. The molecule has 1 amide bonds. The highest BCUT2D eigenvalue weighted by molar-refractivity contribution is 5.85. The average Bonchev–Trinajstić information content (AvgIpc) is 2.98. The zero-order chi connectivity index (χ0) is 13.8. The predicted octanol–water partition coefficient (Wildman–Crippen LogP) is 2.55. The molecule has 0 spiro atoms. The molecule has 21 heavy (non-hydrogen) atoms. The van der Waals surface area contributed by atoms with Gasteiger partial charge in [0.15, 0.2) is 0 Å². The Morgan fingerprint density at radius 3 is 2.81 bits per heavy atom. The highest BCUT2D eigenvalue weighted by Gasteiger charge is 2.37. The van der Waals surface area contributed by atoms with Gasteiger partial charge in [0.1, 0.15) is 0 Å². The van der Waals surface area contributed by atoms with Crippen molar-refractivity contribution in [3.8, 4) is 0 Å². The van der Waals surface area contributed by atoms with Crippen LogP contribution < -0.4 is 10.6 Å². The third-order valence-electron chi connectivity index (χ3n) is 4.55. The van der Waals surface area contributed by atoms with E-state index in [0.717, 1.165) is 32.4 Å². The van der Waals surface area contributed by atoms with Crippen LogP contribution in [-0.2, 0) is 11.2 Å². The van der Waals surface area contributed by atoms with Crippen molar-refractivity contribution in [3.05, 3.63) is 35.9 Å². The Kier molecular flexibility index (Phi) is 6.07. The first kappa shape index (κ1) is 16.3. The first-order chi connectivity index (χ1) is 9.81. The summed E-state index contributed by atoms with van der Waals surface area (Å²) in [4.78, 5) is 11.9. The van der Waals surface area contributed by atoms with Crippen molar-refractivity contribution < 1.29 is 4.79 Å². The first-order valence-corrected chi connectivity index (χ1v) is 7.85. The van der Waals surface area contributed by atoms with E-state index in [-0.39, 0.29) is 18.3 Å². The lowest BCUT2D eigenvalue weighted by Crippen LogP contribution is -2.27. The number of halogens is 1. The molecule has 1 saturated heterocycles. The molecular weight excluding hydrogens is 284 g/mol. The molecule has 3 rings (SSSR count). The van der Waals surface area contributed by atoms with Gasteiger partial charge >= 0.3 is 0 Å². The molecule has 0 aromatic heterocycles. The molecule has 1 aromatic carbocycles.